The third kappa shape index (κ3) is 1.52. The van der Waals surface area contributed by atoms with Crippen LogP contribution in [-0.4, -0.2) is 4.92 Å². The van der Waals surface area contributed by atoms with Crippen LogP contribution in [0.2, 0.25) is 5.02 Å². The van der Waals surface area contributed by atoms with Gasteiger partial charge in [0.05, 0.1) is 15.5 Å². The van der Waals surface area contributed by atoms with Crippen molar-refractivity contribution in [2.24, 2.45) is 0 Å². The van der Waals surface area contributed by atoms with E-state index < -0.39 is 16.4 Å². The molecule has 1 rings (SSSR count). The second kappa shape index (κ2) is 3.60. The third-order valence-corrected chi connectivity index (χ3v) is 2.21. The van der Waals surface area contributed by atoms with Gasteiger partial charge in [0.1, 0.15) is 6.07 Å². The van der Waals surface area contributed by atoms with Crippen LogP contribution in [0.1, 0.15) is 11.1 Å². The number of benzene rings is 1. The Bertz CT molecular complexity index is 454. The minimum absolute atomic E-state index is 0.0341. The molecule has 0 atom stereocenters. The molecule has 0 aliphatic carbocycles. The van der Waals surface area contributed by atoms with Gasteiger partial charge in [-0.2, -0.15) is 9.65 Å². The number of nitriles is 1. The van der Waals surface area contributed by atoms with E-state index in [-0.39, 0.29) is 16.1 Å². The fourth-order valence-corrected chi connectivity index (χ4v) is 1.24. The van der Waals surface area contributed by atoms with Crippen LogP contribution in [0.3, 0.4) is 0 Å². The fraction of sp³-hybridized carbons (Fsp3) is 0.125. The summed E-state index contributed by atoms with van der Waals surface area (Å²) in [6.07, 6.45) is 0. The standard InChI is InChI=1S/C8H4ClFN2O2/c1-4-7(9)5(3-11)2-6(10)8(4)12(13)14/h2H,1H3. The predicted molar refractivity (Wildman–Crippen MR) is 47.5 cm³/mol. The zero-order chi connectivity index (χ0) is 10.9. The van der Waals surface area contributed by atoms with Gasteiger partial charge in [-0.05, 0) is 6.92 Å². The van der Waals surface area contributed by atoms with Crippen molar-refractivity contribution in [2.45, 2.75) is 6.92 Å². The topological polar surface area (TPSA) is 66.9 Å². The van der Waals surface area contributed by atoms with E-state index in [1.807, 2.05) is 0 Å². The van der Waals surface area contributed by atoms with E-state index in [0.717, 1.165) is 6.07 Å². The largest absolute Gasteiger partial charge is 0.309 e. The quantitative estimate of drug-likeness (QED) is 0.533. The number of nitro benzene ring substituents is 1. The SMILES string of the molecule is Cc1c(Cl)c(C#N)cc(F)c1[N+](=O)[O-]. The lowest BCUT2D eigenvalue weighted by atomic mass is 10.1. The Morgan fingerprint density at radius 1 is 1.71 bits per heavy atom. The molecule has 0 saturated heterocycles. The molecular formula is C8H4ClFN2O2. The summed E-state index contributed by atoms with van der Waals surface area (Å²) in [4.78, 5) is 9.56. The highest BCUT2D eigenvalue weighted by atomic mass is 35.5. The van der Waals surface area contributed by atoms with Gasteiger partial charge in [0.2, 0.25) is 5.82 Å². The molecule has 72 valence electrons. The Hall–Kier alpha value is -1.67. The van der Waals surface area contributed by atoms with E-state index in [9.17, 15) is 14.5 Å². The number of halogens is 2. The second-order valence-electron chi connectivity index (χ2n) is 2.56. The highest BCUT2D eigenvalue weighted by molar-refractivity contribution is 6.32. The lowest BCUT2D eigenvalue weighted by molar-refractivity contribution is -0.388. The van der Waals surface area contributed by atoms with Gasteiger partial charge < -0.3 is 0 Å². The maximum absolute atomic E-state index is 13.1. The molecule has 0 aliphatic rings. The van der Waals surface area contributed by atoms with E-state index >= 15 is 0 Å². The van der Waals surface area contributed by atoms with Gasteiger partial charge in [-0.25, -0.2) is 0 Å². The first-order chi connectivity index (χ1) is 6.49. The van der Waals surface area contributed by atoms with Crippen LogP contribution in [0.5, 0.6) is 0 Å². The van der Waals surface area contributed by atoms with Crippen LogP contribution in [0, 0.1) is 34.2 Å². The third-order valence-electron chi connectivity index (χ3n) is 1.72. The molecule has 6 heteroatoms. The first-order valence-electron chi connectivity index (χ1n) is 3.52. The summed E-state index contributed by atoms with van der Waals surface area (Å²) < 4.78 is 13.1. The molecule has 0 radical (unpaired) electrons. The van der Waals surface area contributed by atoms with Crippen LogP contribution in [-0.2, 0) is 0 Å². The van der Waals surface area contributed by atoms with E-state index in [0.29, 0.717) is 0 Å². The summed E-state index contributed by atoms with van der Waals surface area (Å²) in [5.74, 6) is -1.05. The molecule has 0 bridgehead atoms. The molecule has 4 nitrogen and oxygen atoms in total. The van der Waals surface area contributed by atoms with Crippen LogP contribution < -0.4 is 0 Å². The van der Waals surface area contributed by atoms with Crippen molar-refractivity contribution in [3.05, 3.63) is 38.1 Å². The Morgan fingerprint density at radius 2 is 2.29 bits per heavy atom. The lowest BCUT2D eigenvalue weighted by Gasteiger charge is -2.02. The zero-order valence-corrected chi connectivity index (χ0v) is 7.80. The molecule has 0 spiro atoms. The van der Waals surface area contributed by atoms with Gasteiger partial charge >= 0.3 is 5.69 Å². The number of nitro groups is 1. The molecule has 14 heavy (non-hydrogen) atoms. The predicted octanol–water partition coefficient (Wildman–Crippen LogP) is 2.57. The van der Waals surface area contributed by atoms with Crippen molar-refractivity contribution < 1.29 is 9.31 Å². The van der Waals surface area contributed by atoms with Crippen molar-refractivity contribution in [2.75, 3.05) is 0 Å². The first kappa shape index (κ1) is 10.4. The van der Waals surface area contributed by atoms with Gasteiger partial charge in [-0.1, -0.05) is 11.6 Å². The summed E-state index contributed by atoms with van der Waals surface area (Å²) in [5, 5.41) is 18.9. The number of hydrogen-bond donors (Lipinski definition) is 0. The highest BCUT2D eigenvalue weighted by Crippen LogP contribution is 2.31. The van der Waals surface area contributed by atoms with Gasteiger partial charge in [-0.3, -0.25) is 10.1 Å². The van der Waals surface area contributed by atoms with Crippen molar-refractivity contribution in [1.29, 1.82) is 5.26 Å². The molecule has 0 unspecified atom stereocenters. The van der Waals surface area contributed by atoms with Crippen molar-refractivity contribution in [1.82, 2.24) is 0 Å². The van der Waals surface area contributed by atoms with Crippen molar-refractivity contribution >= 4 is 17.3 Å². The number of rotatable bonds is 1. The Balaban J connectivity index is 3.59. The van der Waals surface area contributed by atoms with Gasteiger partial charge in [0.15, 0.2) is 0 Å². The maximum atomic E-state index is 13.1. The van der Waals surface area contributed by atoms with Gasteiger partial charge in [0.25, 0.3) is 0 Å². The summed E-state index contributed by atoms with van der Waals surface area (Å²) in [7, 11) is 0. The summed E-state index contributed by atoms with van der Waals surface area (Å²) >= 11 is 5.62. The van der Waals surface area contributed by atoms with Crippen LogP contribution in [0.4, 0.5) is 10.1 Å². The molecular weight excluding hydrogens is 211 g/mol. The molecule has 0 heterocycles. The summed E-state index contributed by atoms with van der Waals surface area (Å²) in [6, 6.07) is 2.41. The van der Waals surface area contributed by atoms with Crippen molar-refractivity contribution in [3.63, 3.8) is 0 Å². The van der Waals surface area contributed by atoms with E-state index in [2.05, 4.69) is 0 Å². The summed E-state index contributed by atoms with van der Waals surface area (Å²) in [5.41, 5.74) is -0.825. The number of hydrogen-bond acceptors (Lipinski definition) is 3. The first-order valence-corrected chi connectivity index (χ1v) is 3.90. The van der Waals surface area contributed by atoms with Crippen LogP contribution in [0.15, 0.2) is 6.07 Å². The minimum atomic E-state index is -1.05. The Morgan fingerprint density at radius 3 is 2.71 bits per heavy atom. The van der Waals surface area contributed by atoms with Gasteiger partial charge in [0, 0.05) is 11.6 Å². The second-order valence-corrected chi connectivity index (χ2v) is 2.94. The molecule has 1 aromatic rings. The van der Waals surface area contributed by atoms with E-state index in [1.54, 1.807) is 6.07 Å². The average Bonchev–Trinajstić information content (AvgIpc) is 2.10. The average molecular weight is 215 g/mol. The molecule has 0 saturated carbocycles. The zero-order valence-electron chi connectivity index (χ0n) is 7.04. The minimum Gasteiger partial charge on any atom is -0.258 e. The monoisotopic (exact) mass is 214 g/mol. The smallest absolute Gasteiger partial charge is 0.258 e. The molecule has 0 amide bonds. The normalized spacial score (nSPS) is 9.57. The lowest BCUT2D eigenvalue weighted by Crippen LogP contribution is -1.98. The van der Waals surface area contributed by atoms with Gasteiger partial charge in [-0.15, -0.1) is 0 Å². The molecule has 0 aliphatic heterocycles. The fourth-order valence-electron chi connectivity index (χ4n) is 1.05. The van der Waals surface area contributed by atoms with E-state index in [1.165, 1.54) is 6.92 Å². The Kier molecular flexibility index (Phi) is 2.68. The van der Waals surface area contributed by atoms with E-state index in [4.69, 9.17) is 16.9 Å². The van der Waals surface area contributed by atoms with Crippen molar-refractivity contribution in [3.8, 4) is 6.07 Å². The molecule has 0 N–H and O–H groups in total. The Labute approximate surface area is 83.7 Å². The molecule has 0 fully saturated rings. The number of nitrogens with zero attached hydrogens (tertiary/aromatic N) is 2. The molecule has 0 aromatic heterocycles. The summed E-state index contributed by atoms with van der Waals surface area (Å²) in [6.45, 7) is 1.30. The maximum Gasteiger partial charge on any atom is 0.309 e. The molecule has 1 aromatic carbocycles. The highest BCUT2D eigenvalue weighted by Gasteiger charge is 2.22. The van der Waals surface area contributed by atoms with Crippen LogP contribution in [0.25, 0.3) is 0 Å². The van der Waals surface area contributed by atoms with Crippen LogP contribution >= 0.6 is 11.6 Å².